The van der Waals surface area contributed by atoms with E-state index in [2.05, 4.69) is 27.6 Å². The van der Waals surface area contributed by atoms with Gasteiger partial charge in [-0.05, 0) is 19.3 Å². The molecule has 106 valence electrons. The third-order valence-corrected chi connectivity index (χ3v) is 4.53. The van der Waals surface area contributed by atoms with Crippen molar-refractivity contribution in [3.63, 3.8) is 0 Å². The van der Waals surface area contributed by atoms with Crippen molar-refractivity contribution in [2.24, 2.45) is 10.8 Å². The van der Waals surface area contributed by atoms with Crippen LogP contribution in [0.1, 0.15) is 48.9 Å². The van der Waals surface area contributed by atoms with Crippen molar-refractivity contribution in [3.8, 4) is 0 Å². The molecule has 0 atom stereocenters. The Labute approximate surface area is 118 Å². The van der Waals surface area contributed by atoms with Gasteiger partial charge >= 0.3 is 0 Å². The number of hydrazine groups is 1. The largest absolute Gasteiger partial charge is 0.353 e. The van der Waals surface area contributed by atoms with E-state index in [0.717, 1.165) is 11.4 Å². The first-order valence-corrected chi connectivity index (χ1v) is 7.84. The first kappa shape index (κ1) is 14.3. The van der Waals surface area contributed by atoms with Gasteiger partial charge in [-0.25, -0.2) is 15.8 Å². The predicted octanol–water partition coefficient (Wildman–Crippen LogP) is 1.95. The van der Waals surface area contributed by atoms with Crippen molar-refractivity contribution in [3.05, 3.63) is 16.1 Å². The fourth-order valence-corrected chi connectivity index (χ4v) is 3.09. The van der Waals surface area contributed by atoms with E-state index >= 15 is 0 Å². The Morgan fingerprint density at radius 1 is 1.47 bits per heavy atom. The van der Waals surface area contributed by atoms with Crippen molar-refractivity contribution in [1.29, 1.82) is 0 Å². The molecular weight excluding hydrogens is 258 g/mol. The van der Waals surface area contributed by atoms with Crippen LogP contribution in [0.25, 0.3) is 0 Å². The number of aliphatic imine (C=N–C) groups is 1. The van der Waals surface area contributed by atoms with E-state index in [1.54, 1.807) is 11.3 Å². The fraction of sp³-hybridized carbons (Fsp3) is 0.692. The summed E-state index contributed by atoms with van der Waals surface area (Å²) in [7, 11) is 0. The molecule has 6 heteroatoms. The number of aromatic nitrogens is 1. The topological polar surface area (TPSA) is 75.3 Å². The number of rotatable bonds is 4. The molecule has 1 aliphatic rings. The lowest BCUT2D eigenvalue weighted by atomic mass is 9.96. The summed E-state index contributed by atoms with van der Waals surface area (Å²) in [6.07, 6.45) is 9.31. The van der Waals surface area contributed by atoms with Crippen LogP contribution < -0.4 is 16.6 Å². The summed E-state index contributed by atoms with van der Waals surface area (Å²) in [4.78, 5) is 10.1. The molecule has 0 spiro atoms. The average Bonchev–Trinajstić information content (AvgIpc) is 2.92. The fourth-order valence-electron chi connectivity index (χ4n) is 2.30. The van der Waals surface area contributed by atoms with Crippen LogP contribution in [0.3, 0.4) is 0 Å². The molecule has 0 bridgehead atoms. The summed E-state index contributed by atoms with van der Waals surface area (Å²) in [5, 5.41) is 4.42. The summed E-state index contributed by atoms with van der Waals surface area (Å²) >= 11 is 1.72. The monoisotopic (exact) mass is 281 g/mol. The summed E-state index contributed by atoms with van der Waals surface area (Å²) in [6.45, 7) is 2.72. The lowest BCUT2D eigenvalue weighted by Crippen LogP contribution is -2.47. The molecule has 1 aliphatic carbocycles. The van der Waals surface area contributed by atoms with E-state index in [1.807, 2.05) is 6.20 Å². The molecule has 1 saturated carbocycles. The van der Waals surface area contributed by atoms with Gasteiger partial charge in [0.15, 0.2) is 0 Å². The second-order valence-electron chi connectivity index (χ2n) is 4.86. The van der Waals surface area contributed by atoms with Gasteiger partial charge < -0.3 is 5.32 Å². The Hall–Kier alpha value is -1.14. The van der Waals surface area contributed by atoms with Gasteiger partial charge in [0.05, 0.1) is 6.54 Å². The quantitative estimate of drug-likeness (QED) is 0.341. The Balaban J connectivity index is 1.87. The summed E-state index contributed by atoms with van der Waals surface area (Å²) in [5.41, 5.74) is 2.66. The van der Waals surface area contributed by atoms with Crippen molar-refractivity contribution in [2.75, 3.05) is 0 Å². The molecule has 1 aromatic heterocycles. The summed E-state index contributed by atoms with van der Waals surface area (Å²) < 4.78 is 0. The Kier molecular flexibility index (Phi) is 5.60. The van der Waals surface area contributed by atoms with Crippen molar-refractivity contribution < 1.29 is 0 Å². The summed E-state index contributed by atoms with van der Waals surface area (Å²) in [6, 6.07) is 0.506. The lowest BCUT2D eigenvalue weighted by Gasteiger charge is -2.24. The number of aryl methyl sites for hydroxylation is 1. The van der Waals surface area contributed by atoms with Crippen LogP contribution in [0.2, 0.25) is 0 Å². The number of nitrogens with one attached hydrogen (secondary N) is 2. The molecule has 4 N–H and O–H groups in total. The van der Waals surface area contributed by atoms with E-state index in [1.165, 1.54) is 37.0 Å². The van der Waals surface area contributed by atoms with Crippen molar-refractivity contribution >= 4 is 17.3 Å². The van der Waals surface area contributed by atoms with E-state index in [0.29, 0.717) is 18.5 Å². The maximum absolute atomic E-state index is 5.53. The number of hydrogen-bond acceptors (Lipinski definition) is 4. The maximum atomic E-state index is 5.53. The SMILES string of the molecule is CCc1cnc(CN=C(NN)NC2CCCCC2)s1. The molecule has 5 nitrogen and oxygen atoms in total. The molecule has 2 rings (SSSR count). The minimum absolute atomic E-state index is 0.506. The molecule has 1 fully saturated rings. The smallest absolute Gasteiger partial charge is 0.206 e. The van der Waals surface area contributed by atoms with Gasteiger partial charge in [0, 0.05) is 17.1 Å². The maximum Gasteiger partial charge on any atom is 0.206 e. The number of nitrogens with two attached hydrogens (primary N) is 1. The van der Waals surface area contributed by atoms with Gasteiger partial charge in [0.25, 0.3) is 0 Å². The zero-order chi connectivity index (χ0) is 13.5. The lowest BCUT2D eigenvalue weighted by molar-refractivity contribution is 0.410. The minimum atomic E-state index is 0.506. The van der Waals surface area contributed by atoms with E-state index < -0.39 is 0 Å². The van der Waals surface area contributed by atoms with Crippen LogP contribution >= 0.6 is 11.3 Å². The molecule has 1 heterocycles. The second kappa shape index (κ2) is 7.45. The number of nitrogens with zero attached hydrogens (tertiary/aromatic N) is 2. The second-order valence-corrected chi connectivity index (χ2v) is 6.06. The Morgan fingerprint density at radius 3 is 2.89 bits per heavy atom. The van der Waals surface area contributed by atoms with Gasteiger partial charge in [-0.15, -0.1) is 11.3 Å². The predicted molar refractivity (Wildman–Crippen MR) is 80.0 cm³/mol. The molecule has 0 unspecified atom stereocenters. The highest BCUT2D eigenvalue weighted by Gasteiger charge is 2.14. The van der Waals surface area contributed by atoms with E-state index in [9.17, 15) is 0 Å². The van der Waals surface area contributed by atoms with Crippen LogP contribution in [0.15, 0.2) is 11.2 Å². The first-order chi connectivity index (χ1) is 9.31. The van der Waals surface area contributed by atoms with Gasteiger partial charge in [-0.1, -0.05) is 26.2 Å². The summed E-state index contributed by atoms with van der Waals surface area (Å²) in [5.74, 6) is 6.21. The van der Waals surface area contributed by atoms with Crippen LogP contribution in [0.4, 0.5) is 0 Å². The highest BCUT2D eigenvalue weighted by molar-refractivity contribution is 7.11. The third kappa shape index (κ3) is 4.47. The van der Waals surface area contributed by atoms with Crippen LogP contribution in [0.5, 0.6) is 0 Å². The first-order valence-electron chi connectivity index (χ1n) is 7.03. The highest BCUT2D eigenvalue weighted by Crippen LogP contribution is 2.17. The number of hydrogen-bond donors (Lipinski definition) is 3. The molecule has 1 aromatic rings. The molecule has 0 saturated heterocycles. The van der Waals surface area contributed by atoms with Gasteiger partial charge in [0.1, 0.15) is 5.01 Å². The van der Waals surface area contributed by atoms with Gasteiger partial charge in [-0.2, -0.15) is 0 Å². The standard InChI is InChI=1S/C13H23N5S/c1-2-11-8-15-12(19-11)9-16-13(18-14)17-10-6-4-3-5-7-10/h8,10H,2-7,9,14H2,1H3,(H2,16,17,18). The van der Waals surface area contributed by atoms with Crippen molar-refractivity contribution in [2.45, 2.75) is 58.0 Å². The number of guanidine groups is 1. The average molecular weight is 281 g/mol. The molecule has 19 heavy (non-hydrogen) atoms. The van der Waals surface area contributed by atoms with Gasteiger partial charge in [0.2, 0.25) is 5.96 Å². The van der Waals surface area contributed by atoms with E-state index in [4.69, 9.17) is 5.84 Å². The van der Waals surface area contributed by atoms with E-state index in [-0.39, 0.29) is 0 Å². The Bertz CT molecular complexity index is 409. The van der Waals surface area contributed by atoms with Gasteiger partial charge in [-0.3, -0.25) is 5.43 Å². The molecule has 0 aromatic carbocycles. The molecule has 0 radical (unpaired) electrons. The highest BCUT2D eigenvalue weighted by atomic mass is 32.1. The van der Waals surface area contributed by atoms with Crippen molar-refractivity contribution in [1.82, 2.24) is 15.7 Å². The molecule has 0 amide bonds. The van der Waals surface area contributed by atoms with Crippen LogP contribution in [0, 0.1) is 0 Å². The Morgan fingerprint density at radius 2 is 2.26 bits per heavy atom. The zero-order valence-corrected chi connectivity index (χ0v) is 12.3. The minimum Gasteiger partial charge on any atom is -0.353 e. The molecule has 0 aliphatic heterocycles. The normalized spacial score (nSPS) is 17.5. The third-order valence-electron chi connectivity index (χ3n) is 3.41. The molecular formula is C13H23N5S. The zero-order valence-electron chi connectivity index (χ0n) is 11.5. The van der Waals surface area contributed by atoms with Crippen LogP contribution in [-0.4, -0.2) is 17.0 Å². The number of thiazole rings is 1. The van der Waals surface area contributed by atoms with Crippen LogP contribution in [-0.2, 0) is 13.0 Å².